The minimum absolute atomic E-state index is 0.126. The molecule has 0 saturated heterocycles. The highest BCUT2D eigenvalue weighted by Crippen LogP contribution is 2.25. The van der Waals surface area contributed by atoms with Crippen LogP contribution in [-0.4, -0.2) is 5.11 Å². The van der Waals surface area contributed by atoms with Crippen molar-refractivity contribution < 1.29 is 5.11 Å². The van der Waals surface area contributed by atoms with Gasteiger partial charge in [0.25, 0.3) is 0 Å². The first-order valence-electron chi connectivity index (χ1n) is 6.64. The van der Waals surface area contributed by atoms with Gasteiger partial charge in [-0.2, -0.15) is 0 Å². The van der Waals surface area contributed by atoms with E-state index in [9.17, 15) is 5.11 Å². The van der Waals surface area contributed by atoms with Gasteiger partial charge in [-0.25, -0.2) is 0 Å². The Bertz CT molecular complexity index is 546. The van der Waals surface area contributed by atoms with Crippen molar-refractivity contribution >= 4 is 0 Å². The van der Waals surface area contributed by atoms with E-state index >= 15 is 0 Å². The molecule has 0 aliphatic rings. The van der Waals surface area contributed by atoms with Crippen molar-refractivity contribution in [3.05, 3.63) is 64.7 Å². The van der Waals surface area contributed by atoms with Crippen LogP contribution in [0.25, 0.3) is 0 Å². The van der Waals surface area contributed by atoms with Gasteiger partial charge in [0, 0.05) is 18.2 Å². The molecule has 0 fully saturated rings. The standard InChI is InChI=1S/C17H21NO/c1-12-4-7-15(8-5-12)11-18-14(3)16-10-13(2)6-9-17(16)19/h4-10,14,18-19H,11H2,1-3H3. The summed E-state index contributed by atoms with van der Waals surface area (Å²) >= 11 is 0. The first kappa shape index (κ1) is 13.6. The van der Waals surface area contributed by atoms with E-state index in [1.54, 1.807) is 6.07 Å². The second-order valence-electron chi connectivity index (χ2n) is 5.15. The Kier molecular flexibility index (Phi) is 4.23. The topological polar surface area (TPSA) is 32.3 Å². The fraction of sp³-hybridized carbons (Fsp3) is 0.294. The number of hydrogen-bond donors (Lipinski definition) is 2. The van der Waals surface area contributed by atoms with Crippen LogP contribution < -0.4 is 5.32 Å². The molecule has 19 heavy (non-hydrogen) atoms. The molecular weight excluding hydrogens is 234 g/mol. The Morgan fingerprint density at radius 2 is 1.63 bits per heavy atom. The highest BCUT2D eigenvalue weighted by atomic mass is 16.3. The number of phenolic OH excluding ortho intramolecular Hbond substituents is 1. The summed E-state index contributed by atoms with van der Waals surface area (Å²) in [4.78, 5) is 0. The summed E-state index contributed by atoms with van der Waals surface area (Å²) in [5.41, 5.74) is 4.64. The zero-order valence-electron chi connectivity index (χ0n) is 11.8. The van der Waals surface area contributed by atoms with Crippen LogP contribution >= 0.6 is 0 Å². The van der Waals surface area contributed by atoms with Crippen LogP contribution in [0.3, 0.4) is 0 Å². The normalized spacial score (nSPS) is 12.4. The summed E-state index contributed by atoms with van der Waals surface area (Å²) in [6.45, 7) is 7.00. The van der Waals surface area contributed by atoms with E-state index in [1.807, 2.05) is 19.1 Å². The van der Waals surface area contributed by atoms with Gasteiger partial charge in [-0.3, -0.25) is 0 Å². The zero-order valence-corrected chi connectivity index (χ0v) is 11.8. The number of rotatable bonds is 4. The van der Waals surface area contributed by atoms with Crippen LogP contribution in [0.1, 0.15) is 35.2 Å². The maximum Gasteiger partial charge on any atom is 0.120 e. The average molecular weight is 255 g/mol. The lowest BCUT2D eigenvalue weighted by atomic mass is 10.0. The lowest BCUT2D eigenvalue weighted by molar-refractivity contribution is 0.452. The molecule has 0 aliphatic carbocycles. The molecule has 0 bridgehead atoms. The average Bonchev–Trinajstić information content (AvgIpc) is 2.40. The van der Waals surface area contributed by atoms with E-state index in [4.69, 9.17) is 0 Å². The van der Waals surface area contributed by atoms with E-state index in [2.05, 4.69) is 43.4 Å². The van der Waals surface area contributed by atoms with Gasteiger partial charge in [0.05, 0.1) is 0 Å². The van der Waals surface area contributed by atoms with Gasteiger partial charge >= 0.3 is 0 Å². The first-order chi connectivity index (χ1) is 9.06. The number of aromatic hydroxyl groups is 1. The Hall–Kier alpha value is -1.80. The molecule has 2 N–H and O–H groups in total. The predicted octanol–water partition coefficient (Wildman–Crippen LogP) is 3.86. The number of nitrogens with one attached hydrogen (secondary N) is 1. The molecule has 0 heterocycles. The summed E-state index contributed by atoms with van der Waals surface area (Å²) in [6.07, 6.45) is 0. The van der Waals surface area contributed by atoms with Crippen LogP contribution in [0, 0.1) is 13.8 Å². The van der Waals surface area contributed by atoms with Gasteiger partial charge in [-0.15, -0.1) is 0 Å². The lowest BCUT2D eigenvalue weighted by Gasteiger charge is -2.16. The molecule has 2 aromatic rings. The maximum absolute atomic E-state index is 9.90. The number of benzene rings is 2. The molecule has 1 unspecified atom stereocenters. The molecule has 0 aliphatic heterocycles. The third-order valence-corrected chi connectivity index (χ3v) is 3.38. The van der Waals surface area contributed by atoms with Gasteiger partial charge in [-0.1, -0.05) is 47.5 Å². The minimum Gasteiger partial charge on any atom is -0.508 e. The minimum atomic E-state index is 0.126. The van der Waals surface area contributed by atoms with Crippen LogP contribution in [0.2, 0.25) is 0 Å². The predicted molar refractivity (Wildman–Crippen MR) is 79.3 cm³/mol. The van der Waals surface area contributed by atoms with Crippen molar-refractivity contribution in [3.8, 4) is 5.75 Å². The summed E-state index contributed by atoms with van der Waals surface area (Å²) in [5, 5.41) is 13.3. The Balaban J connectivity index is 2.03. The highest BCUT2D eigenvalue weighted by molar-refractivity contribution is 5.37. The Labute approximate surface area is 115 Å². The van der Waals surface area contributed by atoms with Crippen molar-refractivity contribution in [3.63, 3.8) is 0 Å². The van der Waals surface area contributed by atoms with E-state index in [1.165, 1.54) is 11.1 Å². The SMILES string of the molecule is Cc1ccc(CNC(C)c2cc(C)ccc2O)cc1. The van der Waals surface area contributed by atoms with Crippen molar-refractivity contribution in [1.29, 1.82) is 0 Å². The van der Waals surface area contributed by atoms with Gasteiger partial charge in [-0.05, 0) is 32.4 Å². The summed E-state index contributed by atoms with van der Waals surface area (Å²) in [7, 11) is 0. The second-order valence-corrected chi connectivity index (χ2v) is 5.15. The fourth-order valence-electron chi connectivity index (χ4n) is 2.11. The van der Waals surface area contributed by atoms with Crippen molar-refractivity contribution in [2.45, 2.75) is 33.4 Å². The number of phenols is 1. The molecule has 1 atom stereocenters. The Morgan fingerprint density at radius 1 is 1.00 bits per heavy atom. The quantitative estimate of drug-likeness (QED) is 0.869. The number of aryl methyl sites for hydroxylation is 2. The van der Waals surface area contributed by atoms with E-state index in [-0.39, 0.29) is 6.04 Å². The molecule has 2 aromatic carbocycles. The van der Waals surface area contributed by atoms with E-state index in [0.29, 0.717) is 5.75 Å². The molecule has 0 radical (unpaired) electrons. The van der Waals surface area contributed by atoms with Gasteiger partial charge in [0.2, 0.25) is 0 Å². The van der Waals surface area contributed by atoms with Crippen LogP contribution in [0.5, 0.6) is 5.75 Å². The smallest absolute Gasteiger partial charge is 0.120 e. The van der Waals surface area contributed by atoms with Gasteiger partial charge in [0.1, 0.15) is 5.75 Å². The molecular formula is C17H21NO. The third kappa shape index (κ3) is 3.58. The van der Waals surface area contributed by atoms with E-state index in [0.717, 1.165) is 17.7 Å². The number of hydrogen-bond acceptors (Lipinski definition) is 2. The molecule has 0 spiro atoms. The third-order valence-electron chi connectivity index (χ3n) is 3.38. The van der Waals surface area contributed by atoms with Crippen molar-refractivity contribution in [2.75, 3.05) is 0 Å². The largest absolute Gasteiger partial charge is 0.508 e. The lowest BCUT2D eigenvalue weighted by Crippen LogP contribution is -2.18. The Morgan fingerprint density at radius 3 is 2.32 bits per heavy atom. The molecule has 2 nitrogen and oxygen atoms in total. The van der Waals surface area contributed by atoms with Crippen LogP contribution in [0.4, 0.5) is 0 Å². The molecule has 0 amide bonds. The monoisotopic (exact) mass is 255 g/mol. The highest BCUT2D eigenvalue weighted by Gasteiger charge is 2.09. The zero-order chi connectivity index (χ0) is 13.8. The molecule has 0 aromatic heterocycles. The van der Waals surface area contributed by atoms with E-state index < -0.39 is 0 Å². The van der Waals surface area contributed by atoms with Gasteiger partial charge < -0.3 is 10.4 Å². The fourth-order valence-corrected chi connectivity index (χ4v) is 2.11. The molecule has 0 saturated carbocycles. The summed E-state index contributed by atoms with van der Waals surface area (Å²) in [5.74, 6) is 0.356. The maximum atomic E-state index is 9.90. The molecule has 100 valence electrons. The molecule has 2 rings (SSSR count). The second kappa shape index (κ2) is 5.89. The first-order valence-corrected chi connectivity index (χ1v) is 6.64. The van der Waals surface area contributed by atoms with Crippen LogP contribution in [-0.2, 0) is 6.54 Å². The summed E-state index contributed by atoms with van der Waals surface area (Å²) in [6, 6.07) is 14.3. The van der Waals surface area contributed by atoms with Crippen molar-refractivity contribution in [2.24, 2.45) is 0 Å². The van der Waals surface area contributed by atoms with Crippen molar-refractivity contribution in [1.82, 2.24) is 5.32 Å². The molecule has 2 heteroatoms. The van der Waals surface area contributed by atoms with Crippen LogP contribution in [0.15, 0.2) is 42.5 Å². The van der Waals surface area contributed by atoms with Gasteiger partial charge in [0.15, 0.2) is 0 Å². The summed E-state index contributed by atoms with van der Waals surface area (Å²) < 4.78 is 0.